The number of carbonyl (C=O) groups is 1. The van der Waals surface area contributed by atoms with Crippen LogP contribution in [0, 0.1) is 11.6 Å². The second-order valence-corrected chi connectivity index (χ2v) is 12.7. The molecule has 1 atom stereocenters. The number of hydrogen-bond donors (Lipinski definition) is 0. The second kappa shape index (κ2) is 8.73. The van der Waals surface area contributed by atoms with E-state index in [1.807, 2.05) is 4.90 Å². The first kappa shape index (κ1) is 22.9. The maximum absolute atomic E-state index is 14.0. The number of halogens is 3. The summed E-state index contributed by atoms with van der Waals surface area (Å²) in [7, 11) is -3.79. The van der Waals surface area contributed by atoms with E-state index in [1.54, 1.807) is 4.90 Å². The predicted molar refractivity (Wildman–Crippen MR) is 125 cm³/mol. The monoisotopic (exact) mass is 532 g/mol. The lowest BCUT2D eigenvalue weighted by Gasteiger charge is -2.37. The van der Waals surface area contributed by atoms with Crippen molar-refractivity contribution in [1.29, 1.82) is 0 Å². The van der Waals surface area contributed by atoms with Crippen LogP contribution in [0.4, 0.5) is 13.9 Å². The first-order valence-electron chi connectivity index (χ1n) is 10.3. The number of nitrogens with zero attached hydrogens (tertiary/aromatic N) is 4. The van der Waals surface area contributed by atoms with E-state index in [2.05, 4.69) is 4.98 Å². The number of hydrogen-bond acceptors (Lipinski definition) is 7. The maximum Gasteiger partial charge on any atom is 0.253 e. The molecule has 0 spiro atoms. The first-order chi connectivity index (χ1) is 15.7. The van der Waals surface area contributed by atoms with Gasteiger partial charge < -0.3 is 9.80 Å². The fourth-order valence-electron chi connectivity index (χ4n) is 4.24. The number of piperazine rings is 1. The summed E-state index contributed by atoms with van der Waals surface area (Å²) >= 11 is 8.10. The molecule has 176 valence electrons. The van der Waals surface area contributed by atoms with Crippen LogP contribution in [0.15, 0.2) is 28.5 Å². The summed E-state index contributed by atoms with van der Waals surface area (Å²) in [5.41, 5.74) is 0.135. The maximum atomic E-state index is 14.0. The number of sulfonamides is 1. The van der Waals surface area contributed by atoms with Gasteiger partial charge in [0.05, 0.1) is 9.04 Å². The van der Waals surface area contributed by atoms with Gasteiger partial charge in [-0.25, -0.2) is 22.2 Å². The number of thiophene rings is 1. The molecule has 0 N–H and O–H groups in total. The van der Waals surface area contributed by atoms with Gasteiger partial charge in [0.25, 0.3) is 10.0 Å². The molecular weight excluding hydrogens is 514 g/mol. The average molecular weight is 533 g/mol. The van der Waals surface area contributed by atoms with Crippen LogP contribution in [0.1, 0.15) is 12.8 Å². The zero-order valence-corrected chi connectivity index (χ0v) is 20.4. The molecule has 5 rings (SSSR count). The van der Waals surface area contributed by atoms with Gasteiger partial charge >= 0.3 is 0 Å². The zero-order valence-electron chi connectivity index (χ0n) is 17.2. The number of carbonyl (C=O) groups excluding carboxylic acids is 1. The number of rotatable bonds is 4. The van der Waals surface area contributed by atoms with E-state index in [1.165, 1.54) is 33.8 Å². The molecule has 4 heterocycles. The van der Waals surface area contributed by atoms with Gasteiger partial charge in [-0.05, 0) is 31.0 Å². The molecule has 1 aromatic carbocycles. The van der Waals surface area contributed by atoms with Crippen LogP contribution in [-0.4, -0.2) is 67.3 Å². The molecule has 0 aliphatic carbocycles. The summed E-state index contributed by atoms with van der Waals surface area (Å²) in [6.45, 7) is 2.01. The van der Waals surface area contributed by atoms with Crippen molar-refractivity contribution in [3.05, 3.63) is 40.2 Å². The van der Waals surface area contributed by atoms with Gasteiger partial charge in [0.15, 0.2) is 10.9 Å². The molecule has 7 nitrogen and oxygen atoms in total. The molecule has 33 heavy (non-hydrogen) atoms. The Kier molecular flexibility index (Phi) is 6.06. The molecule has 3 aromatic rings. The third-order valence-corrected chi connectivity index (χ3v) is 10.5. The van der Waals surface area contributed by atoms with Crippen molar-refractivity contribution in [2.24, 2.45) is 0 Å². The van der Waals surface area contributed by atoms with Gasteiger partial charge in [-0.15, -0.1) is 11.3 Å². The SMILES string of the molecule is O=C(C1CCCN1S(=O)(=O)c1ccc(Cl)s1)N1CCN(c2nc3c(F)cc(F)cc3s2)CC1. The van der Waals surface area contributed by atoms with Crippen molar-refractivity contribution >= 4 is 65.6 Å². The minimum absolute atomic E-state index is 0.135. The lowest BCUT2D eigenvalue weighted by Crippen LogP contribution is -2.54. The molecule has 2 saturated heterocycles. The van der Waals surface area contributed by atoms with E-state index in [0.29, 0.717) is 59.7 Å². The lowest BCUT2D eigenvalue weighted by molar-refractivity contribution is -0.134. The molecule has 1 unspecified atom stereocenters. The molecule has 0 radical (unpaired) electrons. The molecule has 2 aromatic heterocycles. The largest absolute Gasteiger partial charge is 0.345 e. The Labute approximate surface area is 202 Å². The molecule has 1 amide bonds. The van der Waals surface area contributed by atoms with E-state index < -0.39 is 27.7 Å². The van der Waals surface area contributed by atoms with Gasteiger partial charge in [-0.2, -0.15) is 4.31 Å². The van der Waals surface area contributed by atoms with Gasteiger partial charge in [-0.3, -0.25) is 4.79 Å². The Bertz CT molecular complexity index is 1320. The fourth-order valence-corrected chi connectivity index (χ4v) is 8.56. The molecular formula is C20H19ClF2N4O3S3. The molecule has 0 saturated carbocycles. The summed E-state index contributed by atoms with van der Waals surface area (Å²) in [5, 5.41) is 0.571. The normalized spacial score (nSPS) is 20.2. The van der Waals surface area contributed by atoms with Crippen molar-refractivity contribution in [2.75, 3.05) is 37.6 Å². The van der Waals surface area contributed by atoms with Crippen LogP contribution in [0.3, 0.4) is 0 Å². The predicted octanol–water partition coefficient (Wildman–Crippen LogP) is 3.79. The number of benzene rings is 1. The highest BCUT2D eigenvalue weighted by Gasteiger charge is 2.42. The molecule has 2 aliphatic heterocycles. The highest BCUT2D eigenvalue weighted by Crippen LogP contribution is 2.34. The Morgan fingerprint density at radius 3 is 2.55 bits per heavy atom. The standard InChI is InChI=1S/C20H19ClF2N4O3S3/c21-16-3-4-17(32-16)33(29,30)27-5-1-2-14(27)19(28)25-6-8-26(9-7-25)20-24-18-13(23)10-12(22)11-15(18)31-20/h3-4,10-11,14H,1-2,5-9H2. The lowest BCUT2D eigenvalue weighted by atomic mass is 10.2. The highest BCUT2D eigenvalue weighted by atomic mass is 35.5. The van der Waals surface area contributed by atoms with Crippen molar-refractivity contribution in [1.82, 2.24) is 14.2 Å². The number of fused-ring (bicyclic) bond motifs is 1. The van der Waals surface area contributed by atoms with Crippen molar-refractivity contribution in [2.45, 2.75) is 23.1 Å². The number of amides is 1. The average Bonchev–Trinajstić information content (AvgIpc) is 3.52. The third-order valence-electron chi connectivity index (χ3n) is 5.86. The summed E-state index contributed by atoms with van der Waals surface area (Å²) in [5.74, 6) is -1.56. The van der Waals surface area contributed by atoms with Crippen LogP contribution >= 0.6 is 34.3 Å². The van der Waals surface area contributed by atoms with Crippen LogP contribution in [-0.2, 0) is 14.8 Å². The zero-order chi connectivity index (χ0) is 23.3. The van der Waals surface area contributed by atoms with Crippen molar-refractivity contribution in [3.63, 3.8) is 0 Å². The Balaban J connectivity index is 1.28. The van der Waals surface area contributed by atoms with Crippen LogP contribution in [0.25, 0.3) is 10.2 Å². The Morgan fingerprint density at radius 2 is 1.85 bits per heavy atom. The molecule has 13 heteroatoms. The summed E-state index contributed by atoms with van der Waals surface area (Å²) in [6.07, 6.45) is 1.09. The van der Waals surface area contributed by atoms with Gasteiger partial charge in [0.1, 0.15) is 21.6 Å². The Morgan fingerprint density at radius 1 is 1.09 bits per heavy atom. The second-order valence-electron chi connectivity index (χ2n) is 7.88. The topological polar surface area (TPSA) is 73.8 Å². The van der Waals surface area contributed by atoms with E-state index in [0.717, 1.165) is 17.4 Å². The van der Waals surface area contributed by atoms with Crippen LogP contribution in [0.2, 0.25) is 4.34 Å². The number of anilines is 1. The van der Waals surface area contributed by atoms with Crippen molar-refractivity contribution in [3.8, 4) is 0 Å². The summed E-state index contributed by atoms with van der Waals surface area (Å²) < 4.78 is 55.8. The third kappa shape index (κ3) is 4.23. The quantitative estimate of drug-likeness (QED) is 0.511. The van der Waals surface area contributed by atoms with E-state index >= 15 is 0 Å². The van der Waals surface area contributed by atoms with Crippen molar-refractivity contribution < 1.29 is 22.0 Å². The van der Waals surface area contributed by atoms with E-state index in [9.17, 15) is 22.0 Å². The van der Waals surface area contributed by atoms with Crippen LogP contribution in [0.5, 0.6) is 0 Å². The minimum Gasteiger partial charge on any atom is -0.345 e. The minimum atomic E-state index is -3.79. The molecule has 2 aliphatic rings. The van der Waals surface area contributed by atoms with E-state index in [4.69, 9.17) is 11.6 Å². The summed E-state index contributed by atoms with van der Waals surface area (Å²) in [6, 6.07) is 4.34. The molecule has 0 bridgehead atoms. The smallest absolute Gasteiger partial charge is 0.253 e. The van der Waals surface area contributed by atoms with Crippen LogP contribution < -0.4 is 4.90 Å². The van der Waals surface area contributed by atoms with Gasteiger partial charge in [-0.1, -0.05) is 22.9 Å². The van der Waals surface area contributed by atoms with E-state index in [-0.39, 0.29) is 15.6 Å². The molecule has 2 fully saturated rings. The van der Waals surface area contributed by atoms with Gasteiger partial charge in [0, 0.05) is 38.8 Å². The number of aromatic nitrogens is 1. The highest BCUT2D eigenvalue weighted by molar-refractivity contribution is 7.91. The summed E-state index contributed by atoms with van der Waals surface area (Å²) in [4.78, 5) is 21.1. The number of thiazole rings is 1. The van der Waals surface area contributed by atoms with Gasteiger partial charge in [0.2, 0.25) is 5.91 Å². The Hall–Kier alpha value is -1.86. The fraction of sp³-hybridized carbons (Fsp3) is 0.400. The first-order valence-corrected chi connectivity index (χ1v) is 13.8.